The van der Waals surface area contributed by atoms with Gasteiger partial charge in [0, 0.05) is 21.2 Å². The number of rotatable bonds is 3. The van der Waals surface area contributed by atoms with E-state index in [9.17, 15) is 4.79 Å². The second-order valence-corrected chi connectivity index (χ2v) is 6.03. The van der Waals surface area contributed by atoms with Gasteiger partial charge in [-0.15, -0.1) is 0 Å². The first-order valence-electron chi connectivity index (χ1n) is 6.02. The summed E-state index contributed by atoms with van der Waals surface area (Å²) < 4.78 is 0. The minimum Gasteiger partial charge on any atom is -0.294 e. The summed E-state index contributed by atoms with van der Waals surface area (Å²) in [6, 6.07) is 11.8. The summed E-state index contributed by atoms with van der Waals surface area (Å²) in [6.07, 6.45) is 0. The normalized spacial score (nSPS) is 12.0. The highest BCUT2D eigenvalue weighted by Gasteiger charge is 2.16. The summed E-state index contributed by atoms with van der Waals surface area (Å²) in [4.78, 5) is 12.0. The van der Waals surface area contributed by atoms with Crippen LogP contribution in [0.4, 0.5) is 0 Å². The molecule has 0 saturated carbocycles. The van der Waals surface area contributed by atoms with E-state index in [-0.39, 0.29) is 10.8 Å². The zero-order valence-electron chi connectivity index (χ0n) is 11.0. The van der Waals surface area contributed by atoms with E-state index in [1.807, 2.05) is 0 Å². The zero-order valence-corrected chi connectivity index (χ0v) is 14.0. The van der Waals surface area contributed by atoms with Gasteiger partial charge in [-0.25, -0.2) is 0 Å². The molecule has 0 saturated heterocycles. The van der Waals surface area contributed by atoms with Gasteiger partial charge in [-0.3, -0.25) is 4.79 Å². The number of hydrogen-bond donors (Lipinski definition) is 0. The number of carbonyl (C=O) groups is 1. The van der Waals surface area contributed by atoms with Crippen LogP contribution in [-0.4, -0.2) is 5.78 Å². The van der Waals surface area contributed by atoms with E-state index in [1.165, 1.54) is 6.92 Å². The minimum absolute atomic E-state index is 0.159. The highest BCUT2D eigenvalue weighted by Crippen LogP contribution is 2.35. The Labute approximate surface area is 143 Å². The Kier molecular flexibility index (Phi) is 5.34. The number of halogens is 4. The molecule has 0 aromatic heterocycles. The molecule has 0 unspecified atom stereocenters. The molecular formula is C16H10Cl4O. The summed E-state index contributed by atoms with van der Waals surface area (Å²) in [5.41, 5.74) is 1.63. The Morgan fingerprint density at radius 3 is 2.00 bits per heavy atom. The molecule has 2 aromatic rings. The van der Waals surface area contributed by atoms with Crippen molar-refractivity contribution < 1.29 is 4.79 Å². The molecule has 108 valence electrons. The zero-order chi connectivity index (χ0) is 15.6. The molecule has 0 aliphatic carbocycles. The third-order valence-electron chi connectivity index (χ3n) is 2.87. The van der Waals surface area contributed by atoms with Gasteiger partial charge in [-0.05, 0) is 36.8 Å². The molecule has 1 nitrogen and oxygen atoms in total. The predicted molar refractivity (Wildman–Crippen MR) is 91.3 cm³/mol. The molecule has 0 amide bonds. The van der Waals surface area contributed by atoms with Crippen LogP contribution in [0, 0.1) is 0 Å². The van der Waals surface area contributed by atoms with Crippen molar-refractivity contribution in [2.75, 3.05) is 0 Å². The van der Waals surface area contributed by atoms with E-state index in [0.29, 0.717) is 31.8 Å². The molecule has 0 aliphatic rings. The lowest BCUT2D eigenvalue weighted by atomic mass is 9.99. The largest absolute Gasteiger partial charge is 0.294 e. The molecule has 0 bridgehead atoms. The average Bonchev–Trinajstić information content (AvgIpc) is 2.40. The molecule has 0 aliphatic heterocycles. The van der Waals surface area contributed by atoms with Crippen molar-refractivity contribution in [1.82, 2.24) is 0 Å². The predicted octanol–water partition coefficient (Wildman–Crippen LogP) is 6.34. The molecule has 0 N–H and O–H groups in total. The van der Waals surface area contributed by atoms with E-state index < -0.39 is 0 Å². The summed E-state index contributed by atoms with van der Waals surface area (Å²) in [5.74, 6) is -0.159. The number of allylic oxidation sites excluding steroid dienone is 1. The van der Waals surface area contributed by atoms with Crippen molar-refractivity contribution in [3.05, 3.63) is 68.7 Å². The minimum atomic E-state index is -0.159. The van der Waals surface area contributed by atoms with Crippen LogP contribution in [0.5, 0.6) is 0 Å². The Morgan fingerprint density at radius 1 is 0.905 bits per heavy atom. The SMILES string of the molecule is CC(=O)C(=C(Cl)c1ccc(Cl)cc1Cl)c1ccc(Cl)cc1. The Bertz CT molecular complexity index is 718. The Hall–Kier alpha value is -0.990. The summed E-state index contributed by atoms with van der Waals surface area (Å²) in [6.45, 7) is 1.45. The second-order valence-electron chi connectivity index (χ2n) is 4.38. The first kappa shape index (κ1) is 16.4. The maximum absolute atomic E-state index is 12.0. The lowest BCUT2D eigenvalue weighted by molar-refractivity contribution is -0.111. The van der Waals surface area contributed by atoms with E-state index in [0.717, 1.165) is 0 Å². The van der Waals surface area contributed by atoms with Crippen molar-refractivity contribution in [1.29, 1.82) is 0 Å². The van der Waals surface area contributed by atoms with Gasteiger partial charge in [0.25, 0.3) is 0 Å². The number of carbonyl (C=O) groups excluding carboxylic acids is 1. The van der Waals surface area contributed by atoms with Crippen LogP contribution in [0.1, 0.15) is 18.1 Å². The monoisotopic (exact) mass is 358 g/mol. The van der Waals surface area contributed by atoms with Gasteiger partial charge in [-0.1, -0.05) is 64.6 Å². The van der Waals surface area contributed by atoms with Crippen LogP contribution in [-0.2, 0) is 4.79 Å². The fourth-order valence-electron chi connectivity index (χ4n) is 1.90. The molecule has 2 aromatic carbocycles. The van der Waals surface area contributed by atoms with Gasteiger partial charge in [0.05, 0.1) is 10.1 Å². The standard InChI is InChI=1S/C16H10Cl4O/c1-9(21)15(10-2-4-11(17)5-3-10)16(20)13-7-6-12(18)8-14(13)19/h2-8H,1H3. The van der Waals surface area contributed by atoms with E-state index in [1.54, 1.807) is 42.5 Å². The van der Waals surface area contributed by atoms with Crippen molar-refractivity contribution in [2.45, 2.75) is 6.92 Å². The van der Waals surface area contributed by atoms with Gasteiger partial charge in [-0.2, -0.15) is 0 Å². The fourth-order valence-corrected chi connectivity index (χ4v) is 2.99. The number of hydrogen-bond acceptors (Lipinski definition) is 1. The molecular weight excluding hydrogens is 350 g/mol. The number of benzene rings is 2. The third-order valence-corrected chi connectivity index (χ3v) is 4.06. The molecule has 21 heavy (non-hydrogen) atoms. The van der Waals surface area contributed by atoms with Gasteiger partial charge < -0.3 is 0 Å². The van der Waals surface area contributed by atoms with Crippen LogP contribution in [0.2, 0.25) is 15.1 Å². The summed E-state index contributed by atoms with van der Waals surface area (Å²) in [7, 11) is 0. The molecule has 5 heteroatoms. The molecule has 0 heterocycles. The highest BCUT2D eigenvalue weighted by atomic mass is 35.5. The average molecular weight is 360 g/mol. The summed E-state index contributed by atoms with van der Waals surface area (Å²) in [5, 5.41) is 1.76. The lowest BCUT2D eigenvalue weighted by Crippen LogP contribution is -1.99. The smallest absolute Gasteiger partial charge is 0.161 e. The van der Waals surface area contributed by atoms with Crippen molar-refractivity contribution >= 4 is 62.8 Å². The first-order valence-corrected chi connectivity index (χ1v) is 7.53. The Balaban J connectivity index is 2.63. The topological polar surface area (TPSA) is 17.1 Å². The van der Waals surface area contributed by atoms with Gasteiger partial charge >= 0.3 is 0 Å². The number of Topliss-reactive ketones (excluding diaryl/α,β-unsaturated/α-hetero) is 1. The van der Waals surface area contributed by atoms with Crippen LogP contribution < -0.4 is 0 Å². The molecule has 2 rings (SSSR count). The third kappa shape index (κ3) is 3.81. The highest BCUT2D eigenvalue weighted by molar-refractivity contribution is 6.58. The summed E-state index contributed by atoms with van der Waals surface area (Å²) >= 11 is 24.3. The van der Waals surface area contributed by atoms with Gasteiger partial charge in [0.1, 0.15) is 0 Å². The van der Waals surface area contributed by atoms with E-state index in [2.05, 4.69) is 0 Å². The molecule has 0 spiro atoms. The van der Waals surface area contributed by atoms with Crippen molar-refractivity contribution in [3.63, 3.8) is 0 Å². The number of ketones is 1. The van der Waals surface area contributed by atoms with Gasteiger partial charge in [0.2, 0.25) is 0 Å². The van der Waals surface area contributed by atoms with Crippen LogP contribution in [0.15, 0.2) is 42.5 Å². The van der Waals surface area contributed by atoms with E-state index >= 15 is 0 Å². The molecule has 0 radical (unpaired) electrons. The maximum atomic E-state index is 12.0. The lowest BCUT2D eigenvalue weighted by Gasteiger charge is -2.10. The first-order chi connectivity index (χ1) is 9.90. The van der Waals surface area contributed by atoms with Crippen LogP contribution >= 0.6 is 46.4 Å². The van der Waals surface area contributed by atoms with Crippen molar-refractivity contribution in [3.8, 4) is 0 Å². The molecule has 0 atom stereocenters. The second kappa shape index (κ2) is 6.85. The van der Waals surface area contributed by atoms with E-state index in [4.69, 9.17) is 46.4 Å². The fraction of sp³-hybridized carbons (Fsp3) is 0.0625. The van der Waals surface area contributed by atoms with Crippen LogP contribution in [0.25, 0.3) is 10.6 Å². The molecule has 0 fully saturated rings. The quantitative estimate of drug-likeness (QED) is 0.461. The van der Waals surface area contributed by atoms with Crippen molar-refractivity contribution in [2.24, 2.45) is 0 Å². The van der Waals surface area contributed by atoms with Gasteiger partial charge in [0.15, 0.2) is 5.78 Å². The maximum Gasteiger partial charge on any atom is 0.161 e. The Morgan fingerprint density at radius 2 is 1.48 bits per heavy atom. The van der Waals surface area contributed by atoms with Crippen LogP contribution in [0.3, 0.4) is 0 Å².